The number of nitrogens with one attached hydrogen (secondary N) is 1. The molecule has 31 heavy (non-hydrogen) atoms. The minimum absolute atomic E-state index is 0. The van der Waals surface area contributed by atoms with Crippen molar-refractivity contribution in [3.05, 3.63) is 71.3 Å². The molecule has 0 bridgehead atoms. The Morgan fingerprint density at radius 3 is 2.71 bits per heavy atom. The van der Waals surface area contributed by atoms with Gasteiger partial charge in [-0.05, 0) is 54.6 Å². The molecule has 1 saturated heterocycles. The fourth-order valence-corrected chi connectivity index (χ4v) is 3.91. The van der Waals surface area contributed by atoms with Crippen molar-refractivity contribution in [1.82, 2.24) is 10.3 Å². The Morgan fingerprint density at radius 1 is 1.19 bits per heavy atom. The molecule has 0 saturated carbocycles. The molecule has 0 radical (unpaired) electrons. The first kappa shape index (κ1) is 22.4. The minimum atomic E-state index is 0. The number of nitrogens with two attached hydrogens (primary N) is 1. The van der Waals surface area contributed by atoms with Gasteiger partial charge >= 0.3 is 0 Å². The maximum atomic E-state index is 10.6. The van der Waals surface area contributed by atoms with Gasteiger partial charge in [0.15, 0.2) is 0 Å². The van der Waals surface area contributed by atoms with Gasteiger partial charge in [0.05, 0.1) is 16.8 Å². The second-order valence-corrected chi connectivity index (χ2v) is 7.44. The summed E-state index contributed by atoms with van der Waals surface area (Å²) >= 11 is 0. The monoisotopic (exact) mass is 436 g/mol. The van der Waals surface area contributed by atoms with Crippen LogP contribution >= 0.6 is 12.4 Å². The lowest BCUT2D eigenvalue weighted by molar-refractivity contribution is 0.306. The predicted molar refractivity (Wildman–Crippen MR) is 123 cm³/mol. The van der Waals surface area contributed by atoms with Gasteiger partial charge in [-0.25, -0.2) is 4.98 Å². The quantitative estimate of drug-likeness (QED) is 0.548. The number of hydrogen-bond acceptors (Lipinski definition) is 6. The molecule has 2 aromatic carbocycles. The maximum absolute atomic E-state index is 10.6. The van der Waals surface area contributed by atoms with Gasteiger partial charge in [0.2, 0.25) is 0 Å². The third-order valence-corrected chi connectivity index (χ3v) is 5.42. The molecule has 4 rings (SSSR count). The number of aromatic nitrogens is 1. The summed E-state index contributed by atoms with van der Waals surface area (Å²) in [4.78, 5) is 4.44. The molecule has 6 nitrogen and oxygen atoms in total. The van der Waals surface area contributed by atoms with Gasteiger partial charge in [-0.15, -0.1) is 12.4 Å². The Kier molecular flexibility index (Phi) is 7.35. The molecular formula is C24H25ClN4O2. The average Bonchev–Trinajstić information content (AvgIpc) is 2.78. The van der Waals surface area contributed by atoms with Crippen molar-refractivity contribution in [2.45, 2.75) is 25.4 Å². The molecule has 160 valence electrons. The van der Waals surface area contributed by atoms with Crippen molar-refractivity contribution in [1.29, 1.82) is 5.26 Å². The maximum Gasteiger partial charge on any atom is 0.142 e. The highest BCUT2D eigenvalue weighted by Crippen LogP contribution is 2.40. The van der Waals surface area contributed by atoms with E-state index >= 15 is 0 Å². The van der Waals surface area contributed by atoms with E-state index in [4.69, 9.17) is 10.5 Å². The molecule has 1 fully saturated rings. The van der Waals surface area contributed by atoms with E-state index in [0.29, 0.717) is 29.2 Å². The Balaban J connectivity index is 0.00000272. The van der Waals surface area contributed by atoms with E-state index in [-0.39, 0.29) is 29.9 Å². The number of anilines is 1. The number of nitrogen functional groups attached to an aromatic ring is 1. The average molecular weight is 437 g/mol. The smallest absolute Gasteiger partial charge is 0.142 e. The van der Waals surface area contributed by atoms with Gasteiger partial charge in [0, 0.05) is 6.54 Å². The first-order chi connectivity index (χ1) is 14.7. The summed E-state index contributed by atoms with van der Waals surface area (Å²) in [6.07, 6.45) is 2.01. The molecule has 7 heteroatoms. The summed E-state index contributed by atoms with van der Waals surface area (Å²) in [5, 5.41) is 23.6. The number of phenolic OH excluding ortho intramolecular Hbond substituents is 1. The SMILES string of the molecule is Cl.N#Cc1c(C2CCCNC2)cc(-c2c(O)cccc2OCc2ccccc2)nc1N. The van der Waals surface area contributed by atoms with Gasteiger partial charge < -0.3 is 20.9 Å². The highest BCUT2D eigenvalue weighted by atomic mass is 35.5. The number of nitriles is 1. The standard InChI is InChI=1S/C24H24N4O2.ClH/c25-13-19-18(17-8-5-11-27-14-17)12-20(28-24(19)26)23-21(29)9-4-10-22(23)30-15-16-6-2-1-3-7-16;/h1-4,6-7,9-10,12,17,27,29H,5,8,11,14-15H2,(H2,26,28);1H. The summed E-state index contributed by atoms with van der Waals surface area (Å²) in [7, 11) is 0. The van der Waals surface area contributed by atoms with Crippen molar-refractivity contribution in [3.8, 4) is 28.8 Å². The molecule has 0 spiro atoms. The Labute approximate surface area is 188 Å². The number of benzene rings is 2. The third-order valence-electron chi connectivity index (χ3n) is 5.42. The highest BCUT2D eigenvalue weighted by Gasteiger charge is 2.23. The van der Waals surface area contributed by atoms with Crippen LogP contribution in [0.2, 0.25) is 0 Å². The number of hydrogen-bond donors (Lipinski definition) is 3. The summed E-state index contributed by atoms with van der Waals surface area (Å²) in [5.41, 5.74) is 9.45. The van der Waals surface area contributed by atoms with Crippen molar-refractivity contribution in [2.75, 3.05) is 18.8 Å². The lowest BCUT2D eigenvalue weighted by Gasteiger charge is -2.25. The third kappa shape index (κ3) is 4.91. The van der Waals surface area contributed by atoms with E-state index in [1.165, 1.54) is 0 Å². The Morgan fingerprint density at radius 2 is 2.00 bits per heavy atom. The van der Waals surface area contributed by atoms with Crippen LogP contribution in [0, 0.1) is 11.3 Å². The van der Waals surface area contributed by atoms with E-state index in [2.05, 4.69) is 16.4 Å². The van der Waals surface area contributed by atoms with Crippen LogP contribution in [-0.4, -0.2) is 23.2 Å². The zero-order valence-corrected chi connectivity index (χ0v) is 17.9. The van der Waals surface area contributed by atoms with Crippen LogP contribution < -0.4 is 15.8 Å². The van der Waals surface area contributed by atoms with Crippen molar-refractivity contribution in [3.63, 3.8) is 0 Å². The van der Waals surface area contributed by atoms with Crippen molar-refractivity contribution in [2.24, 2.45) is 0 Å². The summed E-state index contributed by atoms with van der Waals surface area (Å²) in [5.74, 6) is 0.929. The highest BCUT2D eigenvalue weighted by molar-refractivity contribution is 5.85. The predicted octanol–water partition coefficient (Wildman–Crippen LogP) is 4.38. The summed E-state index contributed by atoms with van der Waals surface area (Å²) < 4.78 is 6.02. The lowest BCUT2D eigenvalue weighted by atomic mass is 9.88. The molecule has 1 aliphatic rings. The van der Waals surface area contributed by atoms with E-state index in [1.807, 2.05) is 36.4 Å². The van der Waals surface area contributed by atoms with E-state index < -0.39 is 0 Å². The van der Waals surface area contributed by atoms with Crippen LogP contribution in [0.1, 0.15) is 35.4 Å². The summed E-state index contributed by atoms with van der Waals surface area (Å²) in [6.45, 7) is 2.13. The van der Waals surface area contributed by atoms with E-state index in [1.54, 1.807) is 18.2 Å². The van der Waals surface area contributed by atoms with E-state index in [0.717, 1.165) is 37.1 Å². The Hall–Kier alpha value is -3.27. The minimum Gasteiger partial charge on any atom is -0.507 e. The second kappa shape index (κ2) is 10.2. The Bertz CT molecular complexity index is 1080. The fourth-order valence-electron chi connectivity index (χ4n) is 3.91. The number of nitrogens with zero attached hydrogens (tertiary/aromatic N) is 2. The number of phenols is 1. The molecule has 0 aliphatic carbocycles. The van der Waals surface area contributed by atoms with Crippen LogP contribution in [-0.2, 0) is 6.61 Å². The number of aromatic hydroxyl groups is 1. The molecule has 1 aromatic heterocycles. The zero-order chi connectivity index (χ0) is 20.9. The molecule has 1 aliphatic heterocycles. The van der Waals surface area contributed by atoms with Gasteiger partial charge in [-0.1, -0.05) is 36.4 Å². The second-order valence-electron chi connectivity index (χ2n) is 7.44. The van der Waals surface area contributed by atoms with Crippen LogP contribution in [0.4, 0.5) is 5.82 Å². The van der Waals surface area contributed by atoms with Gasteiger partial charge in [0.1, 0.15) is 30.0 Å². The number of pyridine rings is 1. The molecule has 2 heterocycles. The van der Waals surface area contributed by atoms with Crippen LogP contribution in [0.25, 0.3) is 11.3 Å². The van der Waals surface area contributed by atoms with Gasteiger partial charge in [0.25, 0.3) is 0 Å². The first-order valence-corrected chi connectivity index (χ1v) is 10.1. The normalized spacial score (nSPS) is 15.5. The lowest BCUT2D eigenvalue weighted by Crippen LogP contribution is -2.29. The fraction of sp³-hybridized carbons (Fsp3) is 0.250. The number of rotatable bonds is 5. The largest absolute Gasteiger partial charge is 0.507 e. The zero-order valence-electron chi connectivity index (χ0n) is 17.0. The van der Waals surface area contributed by atoms with Crippen LogP contribution in [0.5, 0.6) is 11.5 Å². The molecule has 1 atom stereocenters. The molecule has 4 N–H and O–H groups in total. The van der Waals surface area contributed by atoms with E-state index in [9.17, 15) is 10.4 Å². The molecule has 3 aromatic rings. The van der Waals surface area contributed by atoms with Crippen LogP contribution in [0.3, 0.4) is 0 Å². The summed E-state index contributed by atoms with van der Waals surface area (Å²) in [6, 6.07) is 19.0. The molecular weight excluding hydrogens is 412 g/mol. The number of piperidine rings is 1. The van der Waals surface area contributed by atoms with Crippen molar-refractivity contribution >= 4 is 18.2 Å². The van der Waals surface area contributed by atoms with Crippen molar-refractivity contribution < 1.29 is 9.84 Å². The number of halogens is 1. The first-order valence-electron chi connectivity index (χ1n) is 10.1. The van der Waals surface area contributed by atoms with Gasteiger partial charge in [-0.2, -0.15) is 5.26 Å². The molecule has 0 amide bonds. The number of ether oxygens (including phenoxy) is 1. The topological polar surface area (TPSA) is 104 Å². The van der Waals surface area contributed by atoms with Gasteiger partial charge in [-0.3, -0.25) is 0 Å². The van der Waals surface area contributed by atoms with Crippen LogP contribution in [0.15, 0.2) is 54.6 Å². The molecule has 1 unspecified atom stereocenters.